The van der Waals surface area contributed by atoms with Gasteiger partial charge in [0.05, 0.1) is 40.1 Å². The monoisotopic (exact) mass is 450 g/mol. The largest absolute Gasteiger partial charge is 0.442 e. The standard InChI is InChI=1S/C20H20ClFN4O3S/c1-2-25-8-7-23-18(25)14-4-3-12(9-15(14)22)26-11-13(29-20(26)28)10-24-19(27)16-5-6-17(21)30-16/h3-6,9,13H,2,7-8,10-11H2,1H3,(H,24,27)/t13-/m0/s1. The predicted molar refractivity (Wildman–Crippen MR) is 114 cm³/mol. The van der Waals surface area contributed by atoms with Crippen LogP contribution in [0.1, 0.15) is 22.2 Å². The van der Waals surface area contributed by atoms with Gasteiger partial charge in [0.1, 0.15) is 17.8 Å². The number of thiophene rings is 1. The van der Waals surface area contributed by atoms with E-state index in [2.05, 4.69) is 10.3 Å². The summed E-state index contributed by atoms with van der Waals surface area (Å²) in [6.45, 7) is 4.54. The van der Waals surface area contributed by atoms with E-state index in [9.17, 15) is 14.0 Å². The van der Waals surface area contributed by atoms with E-state index in [0.717, 1.165) is 13.1 Å². The lowest BCUT2D eigenvalue weighted by Gasteiger charge is -2.19. The second-order valence-electron chi connectivity index (χ2n) is 6.88. The van der Waals surface area contributed by atoms with E-state index in [0.29, 0.717) is 32.8 Å². The molecule has 0 spiro atoms. The lowest BCUT2D eigenvalue weighted by Crippen LogP contribution is -2.34. The molecular weight excluding hydrogens is 431 g/mol. The Labute approximate surface area is 182 Å². The third-order valence-corrected chi connectivity index (χ3v) is 6.21. The highest BCUT2D eigenvalue weighted by Crippen LogP contribution is 2.26. The number of hydrogen-bond donors (Lipinski definition) is 1. The summed E-state index contributed by atoms with van der Waals surface area (Å²) in [5, 5.41) is 2.73. The predicted octanol–water partition coefficient (Wildman–Crippen LogP) is 3.38. The Morgan fingerprint density at radius 1 is 1.40 bits per heavy atom. The van der Waals surface area contributed by atoms with Crippen LogP contribution in [0.3, 0.4) is 0 Å². The van der Waals surface area contributed by atoms with Crippen LogP contribution in [0.5, 0.6) is 0 Å². The summed E-state index contributed by atoms with van der Waals surface area (Å²) >= 11 is 7.01. The number of nitrogens with one attached hydrogen (secondary N) is 1. The van der Waals surface area contributed by atoms with Gasteiger partial charge in [-0.15, -0.1) is 11.3 Å². The number of nitrogens with zero attached hydrogens (tertiary/aromatic N) is 3. The van der Waals surface area contributed by atoms with Crippen LogP contribution in [-0.2, 0) is 4.74 Å². The molecule has 2 aliphatic heterocycles. The van der Waals surface area contributed by atoms with Gasteiger partial charge in [0.2, 0.25) is 0 Å². The molecule has 1 N–H and O–H groups in total. The Hall–Kier alpha value is -2.65. The minimum absolute atomic E-state index is 0.152. The Bertz CT molecular complexity index is 1010. The summed E-state index contributed by atoms with van der Waals surface area (Å²) in [5.74, 6) is -0.0832. The lowest BCUT2D eigenvalue weighted by atomic mass is 10.1. The van der Waals surface area contributed by atoms with Crippen molar-refractivity contribution in [3.8, 4) is 0 Å². The van der Waals surface area contributed by atoms with Crippen molar-refractivity contribution in [2.45, 2.75) is 13.0 Å². The lowest BCUT2D eigenvalue weighted by molar-refractivity contribution is 0.0920. The average Bonchev–Trinajstić information content (AvgIpc) is 3.45. The molecule has 10 heteroatoms. The molecule has 0 aliphatic carbocycles. The highest BCUT2D eigenvalue weighted by molar-refractivity contribution is 7.18. The molecule has 1 aromatic carbocycles. The molecule has 0 saturated carbocycles. The normalized spacial score (nSPS) is 18.6. The molecule has 3 heterocycles. The summed E-state index contributed by atoms with van der Waals surface area (Å²) in [4.78, 5) is 32.7. The van der Waals surface area contributed by atoms with Gasteiger partial charge in [-0.1, -0.05) is 11.6 Å². The SMILES string of the molecule is CCN1CCN=C1c1ccc(N2C[C@H](CNC(=O)c3ccc(Cl)s3)OC2=O)cc1F. The second-order valence-corrected chi connectivity index (χ2v) is 8.59. The first-order valence-electron chi connectivity index (χ1n) is 9.57. The first-order valence-corrected chi connectivity index (χ1v) is 10.8. The number of halogens is 2. The number of carbonyl (C=O) groups excluding carboxylic acids is 2. The number of ether oxygens (including phenoxy) is 1. The van der Waals surface area contributed by atoms with Crippen molar-refractivity contribution in [1.82, 2.24) is 10.2 Å². The maximum atomic E-state index is 14.8. The van der Waals surface area contributed by atoms with Gasteiger partial charge in [0.25, 0.3) is 5.91 Å². The summed E-state index contributed by atoms with van der Waals surface area (Å²) < 4.78 is 20.6. The van der Waals surface area contributed by atoms with Gasteiger partial charge in [0, 0.05) is 13.1 Å². The van der Waals surface area contributed by atoms with Crippen LogP contribution in [-0.4, -0.2) is 61.6 Å². The van der Waals surface area contributed by atoms with Crippen molar-refractivity contribution in [2.24, 2.45) is 4.99 Å². The van der Waals surface area contributed by atoms with Gasteiger partial charge < -0.3 is 15.0 Å². The van der Waals surface area contributed by atoms with Gasteiger partial charge in [-0.2, -0.15) is 0 Å². The zero-order chi connectivity index (χ0) is 21.3. The van der Waals surface area contributed by atoms with E-state index in [1.807, 2.05) is 11.8 Å². The van der Waals surface area contributed by atoms with E-state index in [1.165, 1.54) is 22.3 Å². The molecule has 4 rings (SSSR count). The molecule has 2 aliphatic rings. The van der Waals surface area contributed by atoms with Gasteiger partial charge >= 0.3 is 6.09 Å². The first-order chi connectivity index (χ1) is 14.5. The summed E-state index contributed by atoms with van der Waals surface area (Å²) in [6, 6.07) is 7.92. The van der Waals surface area contributed by atoms with Gasteiger partial charge in [0.15, 0.2) is 0 Å². The highest BCUT2D eigenvalue weighted by atomic mass is 35.5. The van der Waals surface area contributed by atoms with E-state index in [4.69, 9.17) is 16.3 Å². The highest BCUT2D eigenvalue weighted by Gasteiger charge is 2.33. The van der Waals surface area contributed by atoms with Crippen molar-refractivity contribution in [3.05, 3.63) is 50.9 Å². The average molecular weight is 451 g/mol. The van der Waals surface area contributed by atoms with E-state index in [-0.39, 0.29) is 19.0 Å². The number of aliphatic imine (C=N–C) groups is 1. The zero-order valence-corrected chi connectivity index (χ0v) is 17.8. The van der Waals surface area contributed by atoms with Crippen molar-refractivity contribution < 1.29 is 18.7 Å². The van der Waals surface area contributed by atoms with E-state index in [1.54, 1.807) is 24.3 Å². The van der Waals surface area contributed by atoms with Gasteiger partial charge in [-0.25, -0.2) is 9.18 Å². The zero-order valence-electron chi connectivity index (χ0n) is 16.2. The fraction of sp³-hybridized carbons (Fsp3) is 0.350. The number of amides is 2. The van der Waals surface area contributed by atoms with Crippen molar-refractivity contribution in [1.29, 1.82) is 0 Å². The minimum Gasteiger partial charge on any atom is -0.442 e. The number of likely N-dealkylation sites (N-methyl/N-ethyl adjacent to an activating group) is 1. The fourth-order valence-corrected chi connectivity index (χ4v) is 4.43. The quantitative estimate of drug-likeness (QED) is 0.732. The van der Waals surface area contributed by atoms with Crippen LogP contribution < -0.4 is 10.2 Å². The van der Waals surface area contributed by atoms with Crippen LogP contribution in [0.25, 0.3) is 0 Å². The van der Waals surface area contributed by atoms with Crippen LogP contribution >= 0.6 is 22.9 Å². The smallest absolute Gasteiger partial charge is 0.414 e. The van der Waals surface area contributed by atoms with Gasteiger partial charge in [-0.3, -0.25) is 14.7 Å². The number of rotatable bonds is 6. The van der Waals surface area contributed by atoms with Crippen LogP contribution in [0.2, 0.25) is 4.34 Å². The molecule has 7 nitrogen and oxygen atoms in total. The number of cyclic esters (lactones) is 1. The molecule has 0 unspecified atom stereocenters. The van der Waals surface area contributed by atoms with Crippen LogP contribution in [0.4, 0.5) is 14.9 Å². The molecule has 1 aromatic heterocycles. The number of carbonyl (C=O) groups is 2. The fourth-order valence-electron chi connectivity index (χ4n) is 3.47. The van der Waals surface area contributed by atoms with Crippen LogP contribution in [0, 0.1) is 5.82 Å². The van der Waals surface area contributed by atoms with Crippen molar-refractivity contribution in [2.75, 3.05) is 37.6 Å². The Balaban J connectivity index is 1.40. The van der Waals surface area contributed by atoms with Crippen molar-refractivity contribution >= 4 is 46.5 Å². The third kappa shape index (κ3) is 4.13. The summed E-state index contributed by atoms with van der Waals surface area (Å²) in [5.41, 5.74) is 0.825. The molecule has 30 heavy (non-hydrogen) atoms. The van der Waals surface area contributed by atoms with Crippen LogP contribution in [0.15, 0.2) is 35.3 Å². The Kier molecular flexibility index (Phi) is 5.92. The first kappa shape index (κ1) is 20.6. The molecule has 2 aromatic rings. The van der Waals surface area contributed by atoms with E-state index < -0.39 is 18.0 Å². The van der Waals surface area contributed by atoms with E-state index >= 15 is 0 Å². The maximum absolute atomic E-state index is 14.8. The topological polar surface area (TPSA) is 74.2 Å². The molecule has 158 valence electrons. The summed E-state index contributed by atoms with van der Waals surface area (Å²) in [6.07, 6.45) is -1.11. The molecular formula is C20H20ClFN4O3S. The Morgan fingerprint density at radius 3 is 2.93 bits per heavy atom. The molecule has 1 fully saturated rings. The van der Waals surface area contributed by atoms with Crippen molar-refractivity contribution in [3.63, 3.8) is 0 Å². The number of amidine groups is 1. The molecule has 0 radical (unpaired) electrons. The minimum atomic E-state index is -0.575. The molecule has 1 saturated heterocycles. The maximum Gasteiger partial charge on any atom is 0.414 e. The molecule has 2 amide bonds. The second kappa shape index (κ2) is 8.61. The third-order valence-electron chi connectivity index (χ3n) is 4.98. The van der Waals surface area contributed by atoms with Gasteiger partial charge in [-0.05, 0) is 37.3 Å². The molecule has 0 bridgehead atoms. The number of anilines is 1. The summed E-state index contributed by atoms with van der Waals surface area (Å²) in [7, 11) is 0. The number of hydrogen-bond acceptors (Lipinski definition) is 6. The Morgan fingerprint density at radius 2 is 2.23 bits per heavy atom. The number of benzene rings is 1. The molecule has 1 atom stereocenters.